The minimum Gasteiger partial charge on any atom is -0.348 e. The van der Waals surface area contributed by atoms with Crippen LogP contribution in [0.15, 0.2) is 0 Å². The van der Waals surface area contributed by atoms with Crippen LogP contribution in [0.25, 0.3) is 0 Å². The summed E-state index contributed by atoms with van der Waals surface area (Å²) in [7, 11) is 0. The number of aryl methyl sites for hydroxylation is 1. The van der Waals surface area contributed by atoms with E-state index in [2.05, 4.69) is 10.2 Å². The van der Waals surface area contributed by atoms with Crippen LogP contribution in [-0.4, -0.2) is 28.8 Å². The molecule has 8 heteroatoms. The molecule has 0 saturated heterocycles. The SMILES string of the molecule is Cc1nnc(CCNC(=O)C(F)(F)F)s1. The third kappa shape index (κ3) is 3.82. The molecule has 1 aromatic heterocycles. The minimum atomic E-state index is -4.82. The highest BCUT2D eigenvalue weighted by Crippen LogP contribution is 2.14. The molecule has 15 heavy (non-hydrogen) atoms. The van der Waals surface area contributed by atoms with Crippen LogP contribution in [0, 0.1) is 6.92 Å². The predicted molar refractivity (Wildman–Crippen MR) is 47.4 cm³/mol. The highest BCUT2D eigenvalue weighted by atomic mass is 32.1. The van der Waals surface area contributed by atoms with Gasteiger partial charge in [-0.25, -0.2) is 0 Å². The number of carbonyl (C=O) groups excluding carboxylic acids is 1. The lowest BCUT2D eigenvalue weighted by molar-refractivity contribution is -0.173. The monoisotopic (exact) mass is 239 g/mol. The molecule has 0 spiro atoms. The summed E-state index contributed by atoms with van der Waals surface area (Å²) in [5.41, 5.74) is 0. The number of aromatic nitrogens is 2. The Morgan fingerprint density at radius 2 is 2.13 bits per heavy atom. The number of hydrogen-bond donors (Lipinski definition) is 1. The molecule has 1 N–H and O–H groups in total. The molecule has 1 amide bonds. The molecular weight excluding hydrogens is 231 g/mol. The van der Waals surface area contributed by atoms with Gasteiger partial charge >= 0.3 is 12.1 Å². The zero-order chi connectivity index (χ0) is 11.5. The van der Waals surface area contributed by atoms with Gasteiger partial charge in [-0.2, -0.15) is 13.2 Å². The summed E-state index contributed by atoms with van der Waals surface area (Å²) in [5, 5.41) is 10.5. The van der Waals surface area contributed by atoms with Gasteiger partial charge in [-0.1, -0.05) is 0 Å². The van der Waals surface area contributed by atoms with Gasteiger partial charge in [0.05, 0.1) is 0 Å². The third-order valence-corrected chi connectivity index (χ3v) is 2.35. The first-order chi connectivity index (χ1) is 6.89. The first kappa shape index (κ1) is 11.9. The van der Waals surface area contributed by atoms with Crippen molar-refractivity contribution in [3.8, 4) is 0 Å². The second kappa shape index (κ2) is 4.56. The fourth-order valence-electron chi connectivity index (χ4n) is 0.822. The van der Waals surface area contributed by atoms with Gasteiger partial charge in [-0.05, 0) is 6.92 Å². The quantitative estimate of drug-likeness (QED) is 0.858. The van der Waals surface area contributed by atoms with Crippen molar-refractivity contribution in [1.29, 1.82) is 0 Å². The first-order valence-electron chi connectivity index (χ1n) is 4.03. The van der Waals surface area contributed by atoms with E-state index in [0.717, 1.165) is 5.01 Å². The van der Waals surface area contributed by atoms with Gasteiger partial charge < -0.3 is 5.32 Å². The second-order valence-electron chi connectivity index (χ2n) is 2.72. The van der Waals surface area contributed by atoms with E-state index in [9.17, 15) is 18.0 Å². The summed E-state index contributed by atoms with van der Waals surface area (Å²) in [4.78, 5) is 10.4. The molecule has 0 aromatic carbocycles. The van der Waals surface area contributed by atoms with Gasteiger partial charge in [-0.3, -0.25) is 4.79 Å². The molecule has 0 radical (unpaired) electrons. The lowest BCUT2D eigenvalue weighted by atomic mass is 10.4. The molecule has 0 unspecified atom stereocenters. The largest absolute Gasteiger partial charge is 0.471 e. The van der Waals surface area contributed by atoms with Crippen molar-refractivity contribution in [1.82, 2.24) is 15.5 Å². The molecule has 0 aliphatic heterocycles. The molecule has 4 nitrogen and oxygen atoms in total. The number of hydrogen-bond acceptors (Lipinski definition) is 4. The van der Waals surface area contributed by atoms with E-state index in [0.29, 0.717) is 5.01 Å². The number of alkyl halides is 3. The Morgan fingerprint density at radius 1 is 1.47 bits per heavy atom. The molecule has 0 atom stereocenters. The highest BCUT2D eigenvalue weighted by Gasteiger charge is 2.38. The van der Waals surface area contributed by atoms with Gasteiger partial charge in [0, 0.05) is 13.0 Å². The maximum atomic E-state index is 11.7. The Labute approximate surface area is 87.5 Å². The zero-order valence-electron chi connectivity index (χ0n) is 7.76. The van der Waals surface area contributed by atoms with Crippen molar-refractivity contribution in [2.24, 2.45) is 0 Å². The van der Waals surface area contributed by atoms with E-state index >= 15 is 0 Å². The fraction of sp³-hybridized carbons (Fsp3) is 0.571. The lowest BCUT2D eigenvalue weighted by Gasteiger charge is -2.05. The van der Waals surface area contributed by atoms with E-state index in [1.807, 2.05) is 0 Å². The predicted octanol–water partition coefficient (Wildman–Crippen LogP) is 1.07. The molecule has 1 aromatic rings. The van der Waals surface area contributed by atoms with Gasteiger partial charge in [0.15, 0.2) is 0 Å². The molecule has 0 fully saturated rings. The maximum Gasteiger partial charge on any atom is 0.471 e. The van der Waals surface area contributed by atoms with Crippen molar-refractivity contribution in [2.45, 2.75) is 19.5 Å². The number of halogens is 3. The third-order valence-electron chi connectivity index (χ3n) is 1.45. The number of nitrogens with one attached hydrogen (secondary N) is 1. The standard InChI is InChI=1S/C7H8F3N3OS/c1-4-12-13-5(15-4)2-3-11-6(14)7(8,9)10/h2-3H2,1H3,(H,11,14). The van der Waals surface area contributed by atoms with Crippen LogP contribution in [0.1, 0.15) is 10.0 Å². The maximum absolute atomic E-state index is 11.7. The van der Waals surface area contributed by atoms with Gasteiger partial charge in [0.25, 0.3) is 0 Å². The Bertz CT molecular complexity index is 349. The zero-order valence-corrected chi connectivity index (χ0v) is 8.58. The number of carbonyl (C=O) groups is 1. The Hall–Kier alpha value is -1.18. The molecule has 0 aliphatic rings. The van der Waals surface area contributed by atoms with Gasteiger partial charge in [-0.15, -0.1) is 21.5 Å². The van der Waals surface area contributed by atoms with E-state index in [4.69, 9.17) is 0 Å². The summed E-state index contributed by atoms with van der Waals surface area (Å²) >= 11 is 1.29. The average molecular weight is 239 g/mol. The van der Waals surface area contributed by atoms with Crippen LogP contribution >= 0.6 is 11.3 Å². The molecular formula is C7H8F3N3OS. The number of amides is 1. The topological polar surface area (TPSA) is 54.9 Å². The molecule has 0 aliphatic carbocycles. The summed E-state index contributed by atoms with van der Waals surface area (Å²) in [6.07, 6.45) is -4.57. The van der Waals surface area contributed by atoms with Gasteiger partial charge in [0.1, 0.15) is 10.0 Å². The molecule has 84 valence electrons. The Balaban J connectivity index is 2.31. The van der Waals surface area contributed by atoms with Crippen molar-refractivity contribution >= 4 is 17.2 Å². The summed E-state index contributed by atoms with van der Waals surface area (Å²) in [6.45, 7) is 1.66. The summed E-state index contributed by atoms with van der Waals surface area (Å²) < 4.78 is 35.2. The van der Waals surface area contributed by atoms with Crippen LogP contribution in [-0.2, 0) is 11.2 Å². The molecule has 1 rings (SSSR count). The van der Waals surface area contributed by atoms with Crippen molar-refractivity contribution in [3.05, 3.63) is 10.0 Å². The van der Waals surface area contributed by atoms with Crippen molar-refractivity contribution < 1.29 is 18.0 Å². The van der Waals surface area contributed by atoms with E-state index in [-0.39, 0.29) is 13.0 Å². The smallest absolute Gasteiger partial charge is 0.348 e. The van der Waals surface area contributed by atoms with Crippen molar-refractivity contribution in [2.75, 3.05) is 6.54 Å². The van der Waals surface area contributed by atoms with Crippen LogP contribution in [0.2, 0.25) is 0 Å². The normalized spacial score (nSPS) is 11.5. The molecule has 1 heterocycles. The van der Waals surface area contributed by atoms with E-state index in [1.54, 1.807) is 12.2 Å². The molecule has 0 bridgehead atoms. The Kier molecular flexibility index (Phi) is 3.61. The van der Waals surface area contributed by atoms with Crippen LogP contribution in [0.4, 0.5) is 13.2 Å². The number of nitrogens with zero attached hydrogens (tertiary/aromatic N) is 2. The van der Waals surface area contributed by atoms with Crippen LogP contribution in [0.3, 0.4) is 0 Å². The van der Waals surface area contributed by atoms with E-state index in [1.165, 1.54) is 11.3 Å². The van der Waals surface area contributed by atoms with Crippen LogP contribution < -0.4 is 5.32 Å². The highest BCUT2D eigenvalue weighted by molar-refractivity contribution is 7.11. The lowest BCUT2D eigenvalue weighted by Crippen LogP contribution is -2.37. The van der Waals surface area contributed by atoms with Gasteiger partial charge in [0.2, 0.25) is 0 Å². The molecule has 0 saturated carbocycles. The second-order valence-corrected chi connectivity index (χ2v) is 3.98. The van der Waals surface area contributed by atoms with E-state index < -0.39 is 12.1 Å². The Morgan fingerprint density at radius 3 is 2.60 bits per heavy atom. The van der Waals surface area contributed by atoms with Crippen molar-refractivity contribution in [3.63, 3.8) is 0 Å². The minimum absolute atomic E-state index is 0.0903. The number of rotatable bonds is 3. The summed E-state index contributed by atoms with van der Waals surface area (Å²) in [6, 6.07) is 0. The summed E-state index contributed by atoms with van der Waals surface area (Å²) in [5.74, 6) is -1.93. The average Bonchev–Trinajstić information content (AvgIpc) is 2.49. The van der Waals surface area contributed by atoms with Crippen LogP contribution in [0.5, 0.6) is 0 Å². The first-order valence-corrected chi connectivity index (χ1v) is 4.85. The fourth-order valence-corrected chi connectivity index (χ4v) is 1.53.